The van der Waals surface area contributed by atoms with Gasteiger partial charge in [0.1, 0.15) is 0 Å². The molecule has 0 aliphatic carbocycles. The molecule has 0 rings (SSSR count). The van der Waals surface area contributed by atoms with Crippen LogP contribution in [0.25, 0.3) is 0 Å². The zero-order chi connectivity index (χ0) is 21.2. The fourth-order valence-electron chi connectivity index (χ4n) is 1.42. The molecule has 0 fully saturated rings. The first-order chi connectivity index (χ1) is 12.5. The first kappa shape index (κ1) is 16.8. The average Bonchev–Trinajstić information content (AvgIpc) is 2.60. The van der Waals surface area contributed by atoms with Crippen LogP contribution in [-0.2, 0) is 42.5 Å². The fraction of sp³-hybridized carbons (Fsp3) is 0.636. The number of aliphatic hydroxyl groups excluding tert-OH is 1. The van der Waals surface area contributed by atoms with Crippen molar-refractivity contribution < 1.29 is 61.5 Å². The molecule has 0 aliphatic heterocycles. The number of hydrogen-bond acceptors (Lipinski definition) is 10. The van der Waals surface area contributed by atoms with Gasteiger partial charge in [-0.1, -0.05) is 0 Å². The molecule has 3 atom stereocenters. The van der Waals surface area contributed by atoms with E-state index in [9.17, 15) is 28.8 Å². The first-order valence-electron chi connectivity index (χ1n) is 7.97. The molecule has 0 aromatic carbocycles. The summed E-state index contributed by atoms with van der Waals surface area (Å²) in [5.74, 6) is -5.96. The molecule has 0 bridgehead atoms. The number of esters is 3. The summed E-state index contributed by atoms with van der Waals surface area (Å²) in [7, 11) is -5.45. The monoisotopic (exact) mass is 375 g/mol. The highest BCUT2D eigenvalue weighted by Crippen LogP contribution is 2.37. The van der Waals surface area contributed by atoms with Gasteiger partial charge in [-0.05, 0) is 0 Å². The van der Waals surface area contributed by atoms with Crippen LogP contribution in [0.4, 0.5) is 0 Å². The predicted octanol–water partition coefficient (Wildman–Crippen LogP) is -1.59. The lowest BCUT2D eigenvalue weighted by molar-refractivity contribution is -0.193. The molecule has 138 valence electrons. The van der Waals surface area contributed by atoms with E-state index in [2.05, 4.69) is 18.7 Å². The molecule has 0 aromatic rings. The van der Waals surface area contributed by atoms with Crippen LogP contribution in [0.1, 0.15) is 24.8 Å². The van der Waals surface area contributed by atoms with E-state index >= 15 is 0 Å². The van der Waals surface area contributed by atoms with Gasteiger partial charge in [0.2, 0.25) is 6.10 Å². The maximum atomic E-state index is 11.9. The van der Waals surface area contributed by atoms with Crippen molar-refractivity contribution >= 4 is 31.7 Å². The summed E-state index contributed by atoms with van der Waals surface area (Å²) >= 11 is 0. The quantitative estimate of drug-likeness (QED) is 0.251. The number of phosphoric ester groups is 1. The van der Waals surface area contributed by atoms with Crippen molar-refractivity contribution in [2.45, 2.75) is 39.0 Å². The van der Waals surface area contributed by atoms with Crippen molar-refractivity contribution in [3.63, 3.8) is 0 Å². The molecule has 12 nitrogen and oxygen atoms in total. The maximum absolute atomic E-state index is 11.9. The van der Waals surface area contributed by atoms with Gasteiger partial charge in [-0.2, -0.15) is 0 Å². The summed E-state index contributed by atoms with van der Waals surface area (Å²) in [6, 6.07) is 0. The van der Waals surface area contributed by atoms with Gasteiger partial charge < -0.3 is 23.8 Å². The van der Waals surface area contributed by atoms with Gasteiger partial charge in [0.15, 0.2) is 12.2 Å². The normalized spacial score (nSPS) is 16.4. The van der Waals surface area contributed by atoms with E-state index in [1.807, 2.05) is 0 Å². The van der Waals surface area contributed by atoms with Crippen LogP contribution < -0.4 is 0 Å². The molecule has 0 heterocycles. The third-order valence-corrected chi connectivity index (χ3v) is 2.51. The van der Waals surface area contributed by atoms with Gasteiger partial charge in [-0.3, -0.25) is 24.2 Å². The van der Waals surface area contributed by atoms with Gasteiger partial charge in [0.05, 0.1) is 6.61 Å². The van der Waals surface area contributed by atoms with E-state index in [4.69, 9.17) is 13.9 Å². The zero-order valence-corrected chi connectivity index (χ0v) is 12.9. The number of carbonyl (C=O) groups is 4. The second-order valence-electron chi connectivity index (χ2n) is 3.98. The minimum Gasteiger partial charge on any atom is -0.456 e. The Morgan fingerprint density at radius 1 is 1.00 bits per heavy atom. The van der Waals surface area contributed by atoms with Crippen LogP contribution >= 0.6 is 7.82 Å². The molecule has 0 aromatic heterocycles. The van der Waals surface area contributed by atoms with Crippen LogP contribution in [0.2, 0.25) is 0 Å². The molecular weight excluding hydrogens is 355 g/mol. The topological polar surface area (TPSA) is 183 Å². The number of hydrogen-bond donors (Lipinski definition) is 3. The molecular formula is C11H17O12P. The van der Waals surface area contributed by atoms with E-state index in [1.165, 1.54) is 0 Å². The van der Waals surface area contributed by atoms with Crippen molar-refractivity contribution in [3.05, 3.63) is 0 Å². The van der Waals surface area contributed by atoms with E-state index in [1.54, 1.807) is 0 Å². The Kier molecular flexibility index (Phi) is 6.54. The summed E-state index contributed by atoms with van der Waals surface area (Å²) in [6.45, 7) is -4.16. The van der Waals surface area contributed by atoms with E-state index < -0.39 is 77.3 Å². The minimum absolute atomic E-state index is 0.945. The van der Waals surface area contributed by atoms with Crippen molar-refractivity contribution in [3.8, 4) is 0 Å². The average molecular weight is 375 g/mol. The lowest BCUT2D eigenvalue weighted by Gasteiger charge is -2.29. The summed E-state index contributed by atoms with van der Waals surface area (Å²) < 4.78 is 48.9. The highest BCUT2D eigenvalue weighted by molar-refractivity contribution is 7.46. The SMILES string of the molecule is [2H]CC(=O)O[C@@H]([C@H](OC(=O)C[2H])C(=O)OP(=O)(O)O)[C@@H](CO)OC(=O)C[2H]. The van der Waals surface area contributed by atoms with Crippen LogP contribution in [0.5, 0.6) is 0 Å². The highest BCUT2D eigenvalue weighted by atomic mass is 31.2. The number of ether oxygens (including phenoxy) is 3. The molecule has 3 N–H and O–H groups in total. The summed E-state index contributed by atoms with van der Waals surface area (Å²) in [6.07, 6.45) is -6.56. The molecule has 0 saturated heterocycles. The third kappa shape index (κ3) is 8.58. The van der Waals surface area contributed by atoms with Crippen LogP contribution in [0, 0.1) is 0 Å². The molecule has 0 aliphatic rings. The zero-order valence-electron chi connectivity index (χ0n) is 15.0. The second kappa shape index (κ2) is 9.33. The molecule has 0 radical (unpaired) electrons. The molecule has 24 heavy (non-hydrogen) atoms. The Balaban J connectivity index is 5.93. The van der Waals surface area contributed by atoms with Crippen LogP contribution in [0.15, 0.2) is 0 Å². The highest BCUT2D eigenvalue weighted by Gasteiger charge is 2.44. The summed E-state index contributed by atoms with van der Waals surface area (Å²) in [4.78, 5) is 63.4. The summed E-state index contributed by atoms with van der Waals surface area (Å²) in [5.41, 5.74) is 0. The maximum Gasteiger partial charge on any atom is 0.527 e. The van der Waals surface area contributed by atoms with E-state index in [-0.39, 0.29) is 0 Å². The molecule has 0 unspecified atom stereocenters. The largest absolute Gasteiger partial charge is 0.527 e. The Labute approximate surface area is 140 Å². The second-order valence-corrected chi connectivity index (χ2v) is 5.14. The molecule has 0 amide bonds. The summed E-state index contributed by atoms with van der Waals surface area (Å²) in [5, 5.41) is 9.32. The van der Waals surface area contributed by atoms with Crippen LogP contribution in [-0.4, -0.2) is 63.7 Å². The Morgan fingerprint density at radius 2 is 1.50 bits per heavy atom. The lowest BCUT2D eigenvalue weighted by atomic mass is 10.1. The number of aliphatic hydroxyl groups is 1. The van der Waals surface area contributed by atoms with E-state index in [0.717, 1.165) is 0 Å². The third-order valence-electron chi connectivity index (χ3n) is 2.09. The fourth-order valence-corrected chi connectivity index (χ4v) is 1.76. The molecule has 13 heteroatoms. The van der Waals surface area contributed by atoms with Gasteiger partial charge >= 0.3 is 31.7 Å². The van der Waals surface area contributed by atoms with Crippen molar-refractivity contribution in [1.82, 2.24) is 0 Å². The molecule has 0 spiro atoms. The smallest absolute Gasteiger partial charge is 0.456 e. The van der Waals surface area contributed by atoms with Gasteiger partial charge in [0.25, 0.3) is 0 Å². The first-order valence-corrected chi connectivity index (χ1v) is 7.38. The van der Waals surface area contributed by atoms with Crippen molar-refractivity contribution in [1.29, 1.82) is 0 Å². The minimum atomic E-state index is -5.45. The van der Waals surface area contributed by atoms with Gasteiger partial charge in [0, 0.05) is 24.8 Å². The van der Waals surface area contributed by atoms with Crippen LogP contribution in [0.3, 0.4) is 0 Å². The Morgan fingerprint density at radius 3 is 1.96 bits per heavy atom. The van der Waals surface area contributed by atoms with E-state index in [0.29, 0.717) is 0 Å². The van der Waals surface area contributed by atoms with Gasteiger partial charge in [-0.15, -0.1) is 0 Å². The van der Waals surface area contributed by atoms with Crippen molar-refractivity contribution in [2.24, 2.45) is 0 Å². The lowest BCUT2D eigenvalue weighted by Crippen LogP contribution is -2.50. The molecule has 0 saturated carbocycles. The number of rotatable bonds is 8. The predicted molar refractivity (Wildman–Crippen MR) is 71.9 cm³/mol. The van der Waals surface area contributed by atoms with Gasteiger partial charge in [-0.25, -0.2) is 9.36 Å². The Bertz CT molecular complexity index is 593. The number of phosphoric acid groups is 1. The standard InChI is InChI=1S/C11H17O12P/c1-5(13)20-8(4-12)9(21-6(2)14)10(22-7(3)15)11(16)23-24(17,18)19/h8-10,12H,4H2,1-3H3,(H2,17,18,19)/t8-,9-,10+/m1/s1/i1D,2D,3D. The van der Waals surface area contributed by atoms with Crippen molar-refractivity contribution in [2.75, 3.05) is 6.61 Å². The Hall–Kier alpha value is -2.01. The number of carbonyl (C=O) groups excluding carboxylic acids is 4.